The van der Waals surface area contributed by atoms with Crippen LogP contribution in [-0.2, 0) is 9.59 Å². The van der Waals surface area contributed by atoms with Gasteiger partial charge in [0.15, 0.2) is 16.7 Å². The number of amides is 1. The molecule has 9 nitrogen and oxygen atoms in total. The van der Waals surface area contributed by atoms with Gasteiger partial charge in [0.1, 0.15) is 17.0 Å². The number of rotatable bonds is 7. The third-order valence-corrected chi connectivity index (χ3v) is 9.42. The van der Waals surface area contributed by atoms with Crippen molar-refractivity contribution in [2.24, 2.45) is 22.7 Å². The zero-order valence-corrected chi connectivity index (χ0v) is 21.8. The lowest BCUT2D eigenvalue weighted by Gasteiger charge is -2.59. The number of phenols is 2. The molecule has 3 saturated carbocycles. The molecular formula is C28H29N3O6S. The summed E-state index contributed by atoms with van der Waals surface area (Å²) in [6.45, 7) is 6.25. The summed E-state index contributed by atoms with van der Waals surface area (Å²) < 4.78 is 0. The van der Waals surface area contributed by atoms with Gasteiger partial charge in [0.2, 0.25) is 5.91 Å². The van der Waals surface area contributed by atoms with Crippen LogP contribution in [0.2, 0.25) is 0 Å². The van der Waals surface area contributed by atoms with Gasteiger partial charge in [-0.3, -0.25) is 9.59 Å². The Morgan fingerprint density at radius 3 is 2.66 bits per heavy atom. The van der Waals surface area contributed by atoms with Crippen molar-refractivity contribution in [2.45, 2.75) is 50.6 Å². The molecule has 0 unspecified atom stereocenters. The van der Waals surface area contributed by atoms with Crippen molar-refractivity contribution in [1.29, 1.82) is 0 Å². The molecule has 10 heteroatoms. The average molecular weight is 536 g/mol. The van der Waals surface area contributed by atoms with Gasteiger partial charge in [-0.1, -0.05) is 25.2 Å². The van der Waals surface area contributed by atoms with E-state index in [0.29, 0.717) is 16.0 Å². The number of aromatic nitrogens is 2. The van der Waals surface area contributed by atoms with Crippen molar-refractivity contribution in [3.8, 4) is 11.5 Å². The van der Waals surface area contributed by atoms with Crippen LogP contribution in [0.25, 0.3) is 0 Å². The molecule has 2 bridgehead atoms. The lowest BCUT2D eigenvalue weighted by Crippen LogP contribution is -2.55. The second-order valence-corrected chi connectivity index (χ2v) is 11.7. The van der Waals surface area contributed by atoms with E-state index < -0.39 is 34.4 Å². The van der Waals surface area contributed by atoms with Crippen molar-refractivity contribution in [2.75, 3.05) is 5.32 Å². The van der Waals surface area contributed by atoms with E-state index in [4.69, 9.17) is 0 Å². The molecule has 4 N–H and O–H groups in total. The number of aromatic hydroxyl groups is 2. The maximum atomic E-state index is 14.0. The third kappa shape index (κ3) is 4.36. The highest BCUT2D eigenvalue weighted by Crippen LogP contribution is 2.66. The third-order valence-electron chi connectivity index (χ3n) is 8.50. The fourth-order valence-electron chi connectivity index (χ4n) is 6.54. The predicted octanol–water partition coefficient (Wildman–Crippen LogP) is 4.93. The van der Waals surface area contributed by atoms with Gasteiger partial charge in [0.25, 0.3) is 0 Å². The lowest BCUT2D eigenvalue weighted by atomic mass is 9.44. The lowest BCUT2D eigenvalue weighted by molar-refractivity contribution is -0.136. The van der Waals surface area contributed by atoms with E-state index in [1.54, 1.807) is 18.5 Å². The van der Waals surface area contributed by atoms with Gasteiger partial charge in [0.05, 0.1) is 4.91 Å². The first kappa shape index (κ1) is 26.0. The van der Waals surface area contributed by atoms with E-state index >= 15 is 0 Å². The van der Waals surface area contributed by atoms with E-state index in [1.807, 2.05) is 6.92 Å². The van der Waals surface area contributed by atoms with Crippen LogP contribution in [0.5, 0.6) is 11.5 Å². The minimum Gasteiger partial charge on any atom is -0.506 e. The first-order chi connectivity index (χ1) is 18.0. The molecule has 1 aromatic carbocycles. The first-order valence-electron chi connectivity index (χ1n) is 12.5. The number of benzene rings is 1. The van der Waals surface area contributed by atoms with Crippen LogP contribution >= 0.6 is 11.8 Å². The van der Waals surface area contributed by atoms with Gasteiger partial charge in [0, 0.05) is 24.2 Å². The van der Waals surface area contributed by atoms with Gasteiger partial charge < -0.3 is 20.6 Å². The van der Waals surface area contributed by atoms with E-state index in [0.717, 1.165) is 37.8 Å². The summed E-state index contributed by atoms with van der Waals surface area (Å²) >= 11 is 1.25. The summed E-state index contributed by atoms with van der Waals surface area (Å²) in [6.07, 6.45) is 9.16. The molecule has 6 rings (SSSR count). The maximum absolute atomic E-state index is 14.0. The Hall–Kier alpha value is -3.66. The zero-order valence-electron chi connectivity index (χ0n) is 20.9. The summed E-state index contributed by atoms with van der Waals surface area (Å²) in [5.41, 5.74) is -0.660. The number of phenolic OH excluding ortho intramolecular Hbond substituents is 1. The maximum Gasteiger partial charge on any atom is 0.339 e. The van der Waals surface area contributed by atoms with Gasteiger partial charge in [-0.25, -0.2) is 14.8 Å². The van der Waals surface area contributed by atoms with Crippen molar-refractivity contribution in [3.63, 3.8) is 0 Å². The number of thioether (sulfide) groups is 1. The number of hydrogen-bond acceptors (Lipinski definition) is 8. The molecular weight excluding hydrogens is 506 g/mol. The Morgan fingerprint density at radius 2 is 1.97 bits per heavy atom. The highest BCUT2D eigenvalue weighted by Gasteiger charge is 2.60. The number of carbonyl (C=O) groups excluding carboxylic acids is 2. The fourth-order valence-corrected chi connectivity index (χ4v) is 7.58. The second-order valence-electron chi connectivity index (χ2n) is 10.7. The Balaban J connectivity index is 1.42. The molecule has 0 aliphatic heterocycles. The van der Waals surface area contributed by atoms with Crippen LogP contribution in [0, 0.1) is 22.7 Å². The Kier molecular flexibility index (Phi) is 6.54. The summed E-state index contributed by atoms with van der Waals surface area (Å²) in [5, 5.41) is 32.6. The monoisotopic (exact) mass is 535 g/mol. The van der Waals surface area contributed by atoms with Gasteiger partial charge in [-0.05, 0) is 79.3 Å². The second kappa shape index (κ2) is 9.58. The molecule has 38 heavy (non-hydrogen) atoms. The number of nitrogens with zero attached hydrogens (tertiary/aromatic N) is 2. The van der Waals surface area contributed by atoms with Crippen molar-refractivity contribution >= 4 is 35.1 Å². The number of hydrogen-bond donors (Lipinski definition) is 4. The van der Waals surface area contributed by atoms with E-state index in [1.165, 1.54) is 17.3 Å². The molecule has 2 aromatic rings. The minimum absolute atomic E-state index is 0.0396. The summed E-state index contributed by atoms with van der Waals surface area (Å²) in [6, 6.07) is 3.87. The van der Waals surface area contributed by atoms with Crippen LogP contribution < -0.4 is 5.32 Å². The molecule has 198 valence electrons. The highest BCUT2D eigenvalue weighted by molar-refractivity contribution is 8.03. The number of aromatic carboxylic acids is 1. The van der Waals surface area contributed by atoms with Gasteiger partial charge in [-0.2, -0.15) is 0 Å². The Bertz CT molecular complexity index is 1380. The number of ketones is 1. The largest absolute Gasteiger partial charge is 0.506 e. The van der Waals surface area contributed by atoms with E-state index in [-0.39, 0.29) is 35.6 Å². The van der Waals surface area contributed by atoms with Crippen molar-refractivity contribution in [1.82, 2.24) is 9.97 Å². The average Bonchev–Trinajstić information content (AvgIpc) is 2.88. The highest BCUT2D eigenvalue weighted by atomic mass is 32.2. The van der Waals surface area contributed by atoms with Crippen LogP contribution in [-0.4, -0.2) is 42.9 Å². The molecule has 4 aliphatic rings. The zero-order chi connectivity index (χ0) is 27.2. The Morgan fingerprint density at radius 1 is 1.24 bits per heavy atom. The van der Waals surface area contributed by atoms with Gasteiger partial charge >= 0.3 is 5.97 Å². The molecule has 3 fully saturated rings. The quantitative estimate of drug-likeness (QED) is 0.220. The molecule has 0 saturated heterocycles. The topological polar surface area (TPSA) is 150 Å². The molecule has 1 aromatic heterocycles. The molecule has 1 heterocycles. The van der Waals surface area contributed by atoms with Crippen LogP contribution in [0.3, 0.4) is 0 Å². The summed E-state index contributed by atoms with van der Waals surface area (Å²) in [5.74, 6) is -2.76. The van der Waals surface area contributed by atoms with Crippen LogP contribution in [0.4, 0.5) is 5.69 Å². The minimum atomic E-state index is -1.39. The normalized spacial score (nSPS) is 28.0. The molecule has 1 spiro atoms. The van der Waals surface area contributed by atoms with Crippen LogP contribution in [0.1, 0.15) is 55.8 Å². The number of carboxylic acids is 1. The van der Waals surface area contributed by atoms with E-state index in [9.17, 15) is 29.7 Å². The van der Waals surface area contributed by atoms with Crippen molar-refractivity contribution < 1.29 is 29.7 Å². The van der Waals surface area contributed by atoms with Crippen LogP contribution in [0.15, 0.2) is 58.9 Å². The molecule has 1 amide bonds. The van der Waals surface area contributed by atoms with E-state index in [2.05, 4.69) is 27.9 Å². The summed E-state index contributed by atoms with van der Waals surface area (Å²) in [4.78, 5) is 47.5. The van der Waals surface area contributed by atoms with Gasteiger partial charge in [-0.15, -0.1) is 0 Å². The first-order valence-corrected chi connectivity index (χ1v) is 13.3. The molecule has 4 aliphatic carbocycles. The molecule has 4 atom stereocenters. The summed E-state index contributed by atoms with van der Waals surface area (Å²) in [7, 11) is 0. The smallest absolute Gasteiger partial charge is 0.339 e. The number of carboxylic acid groups (broad SMARTS) is 1. The number of nitrogens with one attached hydrogen (secondary N) is 1. The van der Waals surface area contributed by atoms with Crippen molar-refractivity contribution in [3.05, 3.63) is 59.3 Å². The molecule has 0 radical (unpaired) electrons. The fraction of sp³-hybridized carbons (Fsp3) is 0.393. The number of carbonyl (C=O) groups is 3. The number of fused-ring (bicyclic) bond motifs is 2. The number of allylic oxidation sites excluding steroid dienone is 3. The number of Topliss-reactive ketones (excluding diaryl/α,β-unsaturated/α-hetero) is 1. The standard InChI is InChI=1S/C28H29N3O6S/c1-15-13-28-9-6-16(15)12-20(28)27(2,24(35)19(14-28)38-26-29-10-3-11-30-26)8-7-21(33)31-22-18(32)5-4-17(23(22)34)25(36)37/h3-5,10-11,14,16,20,32,34H,1,6-9,12-13H2,2H3,(H,31,33)(H,36,37)/t16-,20+,27+,28-/m1/s1. The predicted molar refractivity (Wildman–Crippen MR) is 141 cm³/mol. The number of anilines is 1. The Labute approximate surface area is 224 Å². The SMILES string of the molecule is C=C1C[C@]23C=C(Sc4ncccn4)C(=O)[C@@](C)(CCC(=O)Nc4c(O)ccc(C(=O)O)c4O)[C@@H]2C[C@H]1CC3.